The Bertz CT molecular complexity index is 328. The van der Waals surface area contributed by atoms with Gasteiger partial charge in [-0.2, -0.15) is 5.26 Å². The highest BCUT2D eigenvalue weighted by atomic mass is 16.5. The summed E-state index contributed by atoms with van der Waals surface area (Å²) in [4.78, 5) is 2.59. The van der Waals surface area contributed by atoms with Crippen LogP contribution in [0.1, 0.15) is 46.0 Å². The molecule has 19 heavy (non-hydrogen) atoms. The number of hydrogen-bond donors (Lipinski definition) is 1. The standard InChI is InChI=1S/C15H27N3O/c1-3-7-17-15(12-16)6-5-14(10-15)18-8-9-19-11-13(18)4-2/h13-14,17H,3-11H2,1-2H3. The molecule has 1 aliphatic carbocycles. The summed E-state index contributed by atoms with van der Waals surface area (Å²) < 4.78 is 5.58. The van der Waals surface area contributed by atoms with Crippen molar-refractivity contribution in [3.63, 3.8) is 0 Å². The Kier molecular flexibility index (Phi) is 5.20. The van der Waals surface area contributed by atoms with Crippen LogP contribution in [0.2, 0.25) is 0 Å². The molecule has 0 aromatic carbocycles. The van der Waals surface area contributed by atoms with Crippen LogP contribution in [0.25, 0.3) is 0 Å². The maximum absolute atomic E-state index is 9.53. The third-order valence-electron chi connectivity index (χ3n) is 4.63. The second-order valence-electron chi connectivity index (χ2n) is 5.89. The minimum absolute atomic E-state index is 0.280. The number of morpholine rings is 1. The van der Waals surface area contributed by atoms with Gasteiger partial charge in [-0.25, -0.2) is 0 Å². The summed E-state index contributed by atoms with van der Waals surface area (Å²) in [7, 11) is 0. The molecule has 0 spiro atoms. The molecule has 4 nitrogen and oxygen atoms in total. The minimum atomic E-state index is -0.280. The van der Waals surface area contributed by atoms with Crippen molar-refractivity contribution in [2.24, 2.45) is 0 Å². The van der Waals surface area contributed by atoms with Crippen molar-refractivity contribution in [2.45, 2.75) is 63.6 Å². The third-order valence-corrected chi connectivity index (χ3v) is 4.63. The zero-order chi connectivity index (χ0) is 13.7. The van der Waals surface area contributed by atoms with Crippen molar-refractivity contribution in [3.8, 4) is 6.07 Å². The molecule has 3 atom stereocenters. The summed E-state index contributed by atoms with van der Waals surface area (Å²) in [6.07, 6.45) is 5.32. The van der Waals surface area contributed by atoms with E-state index in [-0.39, 0.29) is 5.54 Å². The van der Waals surface area contributed by atoms with E-state index in [1.54, 1.807) is 0 Å². The molecule has 2 rings (SSSR count). The Morgan fingerprint density at radius 2 is 2.32 bits per heavy atom. The van der Waals surface area contributed by atoms with Crippen LogP contribution in [-0.2, 0) is 4.74 Å². The van der Waals surface area contributed by atoms with Crippen molar-refractivity contribution in [2.75, 3.05) is 26.3 Å². The van der Waals surface area contributed by atoms with Gasteiger partial charge in [0.2, 0.25) is 0 Å². The molecule has 1 saturated carbocycles. The maximum atomic E-state index is 9.53. The summed E-state index contributed by atoms with van der Waals surface area (Å²) in [6.45, 7) is 8.05. The Labute approximate surface area is 117 Å². The Balaban J connectivity index is 1.98. The summed E-state index contributed by atoms with van der Waals surface area (Å²) in [5.41, 5.74) is -0.280. The minimum Gasteiger partial charge on any atom is -0.378 e. The molecule has 1 aliphatic heterocycles. The van der Waals surface area contributed by atoms with E-state index >= 15 is 0 Å². The van der Waals surface area contributed by atoms with E-state index in [4.69, 9.17) is 4.74 Å². The van der Waals surface area contributed by atoms with Gasteiger partial charge in [0.05, 0.1) is 19.3 Å². The highest BCUT2D eigenvalue weighted by Crippen LogP contribution is 2.34. The highest BCUT2D eigenvalue weighted by Gasteiger charge is 2.42. The average Bonchev–Trinajstić information content (AvgIpc) is 2.90. The summed E-state index contributed by atoms with van der Waals surface area (Å²) in [6, 6.07) is 3.64. The number of ether oxygens (including phenoxy) is 1. The summed E-state index contributed by atoms with van der Waals surface area (Å²) >= 11 is 0. The second-order valence-corrected chi connectivity index (χ2v) is 5.89. The van der Waals surface area contributed by atoms with Gasteiger partial charge in [-0.05, 0) is 38.6 Å². The fourth-order valence-electron chi connectivity index (χ4n) is 3.47. The van der Waals surface area contributed by atoms with Gasteiger partial charge in [0.1, 0.15) is 5.54 Å². The fraction of sp³-hybridized carbons (Fsp3) is 0.933. The lowest BCUT2D eigenvalue weighted by molar-refractivity contribution is -0.0295. The van der Waals surface area contributed by atoms with Crippen LogP contribution in [0.4, 0.5) is 0 Å². The first-order valence-corrected chi connectivity index (χ1v) is 7.74. The lowest BCUT2D eigenvalue weighted by atomic mass is 9.98. The lowest BCUT2D eigenvalue weighted by Crippen LogP contribution is -2.51. The van der Waals surface area contributed by atoms with E-state index in [9.17, 15) is 5.26 Å². The van der Waals surface area contributed by atoms with Gasteiger partial charge in [0, 0.05) is 18.6 Å². The first kappa shape index (κ1) is 14.8. The molecule has 2 fully saturated rings. The Morgan fingerprint density at radius 3 is 3.00 bits per heavy atom. The second kappa shape index (κ2) is 6.69. The smallest absolute Gasteiger partial charge is 0.108 e. The van der Waals surface area contributed by atoms with Crippen LogP contribution >= 0.6 is 0 Å². The van der Waals surface area contributed by atoms with E-state index in [0.29, 0.717) is 12.1 Å². The van der Waals surface area contributed by atoms with Crippen LogP contribution < -0.4 is 5.32 Å². The average molecular weight is 265 g/mol. The van der Waals surface area contributed by atoms with Gasteiger partial charge in [-0.3, -0.25) is 10.2 Å². The van der Waals surface area contributed by atoms with Crippen molar-refractivity contribution in [1.29, 1.82) is 5.26 Å². The summed E-state index contributed by atoms with van der Waals surface area (Å²) in [5.74, 6) is 0. The van der Waals surface area contributed by atoms with Gasteiger partial charge >= 0.3 is 0 Å². The van der Waals surface area contributed by atoms with Gasteiger partial charge in [0.15, 0.2) is 0 Å². The van der Waals surface area contributed by atoms with Crippen LogP contribution in [0.15, 0.2) is 0 Å². The molecule has 1 N–H and O–H groups in total. The molecule has 3 unspecified atom stereocenters. The predicted octanol–water partition coefficient (Wildman–Crippen LogP) is 1.91. The zero-order valence-electron chi connectivity index (χ0n) is 12.3. The first-order chi connectivity index (χ1) is 9.24. The number of nitrogens with one attached hydrogen (secondary N) is 1. The maximum Gasteiger partial charge on any atom is 0.108 e. The Hall–Kier alpha value is -0.630. The van der Waals surface area contributed by atoms with Gasteiger partial charge in [-0.15, -0.1) is 0 Å². The van der Waals surface area contributed by atoms with Crippen LogP contribution in [-0.4, -0.2) is 48.8 Å². The monoisotopic (exact) mass is 265 g/mol. The molecule has 108 valence electrons. The van der Waals surface area contributed by atoms with Crippen LogP contribution in [0.5, 0.6) is 0 Å². The number of nitrogens with zero attached hydrogens (tertiary/aromatic N) is 2. The first-order valence-electron chi connectivity index (χ1n) is 7.74. The molecule has 0 aromatic heterocycles. The van der Waals surface area contributed by atoms with Gasteiger partial charge in [-0.1, -0.05) is 13.8 Å². The van der Waals surface area contributed by atoms with Crippen LogP contribution in [0.3, 0.4) is 0 Å². The van der Waals surface area contributed by atoms with Crippen LogP contribution in [0, 0.1) is 11.3 Å². The molecule has 0 amide bonds. The van der Waals surface area contributed by atoms with Gasteiger partial charge < -0.3 is 4.74 Å². The number of nitriles is 1. The molecule has 0 radical (unpaired) electrons. The zero-order valence-corrected chi connectivity index (χ0v) is 12.3. The Morgan fingerprint density at radius 1 is 1.47 bits per heavy atom. The van der Waals surface area contributed by atoms with E-state index in [0.717, 1.165) is 58.4 Å². The lowest BCUT2D eigenvalue weighted by Gasteiger charge is -2.39. The molecule has 1 heterocycles. The summed E-state index contributed by atoms with van der Waals surface area (Å²) in [5, 5.41) is 13.0. The van der Waals surface area contributed by atoms with Crippen molar-refractivity contribution in [1.82, 2.24) is 10.2 Å². The van der Waals surface area contributed by atoms with Crippen molar-refractivity contribution < 1.29 is 4.74 Å². The highest BCUT2D eigenvalue weighted by molar-refractivity contribution is 5.13. The molecule has 2 aliphatic rings. The SMILES string of the molecule is CCCNC1(C#N)CCC(N2CCOCC2CC)C1. The molecule has 1 saturated heterocycles. The van der Waals surface area contributed by atoms with E-state index in [2.05, 4.69) is 30.1 Å². The normalized spacial score (nSPS) is 36.3. The molecular weight excluding hydrogens is 238 g/mol. The topological polar surface area (TPSA) is 48.3 Å². The number of hydrogen-bond acceptors (Lipinski definition) is 4. The van der Waals surface area contributed by atoms with Crippen molar-refractivity contribution in [3.05, 3.63) is 0 Å². The quantitative estimate of drug-likeness (QED) is 0.825. The van der Waals surface area contributed by atoms with Gasteiger partial charge in [0.25, 0.3) is 0 Å². The predicted molar refractivity (Wildman–Crippen MR) is 75.9 cm³/mol. The van der Waals surface area contributed by atoms with Crippen molar-refractivity contribution >= 4 is 0 Å². The number of rotatable bonds is 5. The fourth-order valence-corrected chi connectivity index (χ4v) is 3.47. The molecule has 0 bridgehead atoms. The molecule has 0 aromatic rings. The molecular formula is C15H27N3O. The third kappa shape index (κ3) is 3.28. The van der Waals surface area contributed by atoms with E-state index < -0.39 is 0 Å². The van der Waals surface area contributed by atoms with E-state index in [1.165, 1.54) is 0 Å². The largest absolute Gasteiger partial charge is 0.378 e. The van der Waals surface area contributed by atoms with E-state index in [1.807, 2.05) is 0 Å². The molecule has 4 heteroatoms.